The van der Waals surface area contributed by atoms with Gasteiger partial charge in [0.2, 0.25) is 0 Å². The van der Waals surface area contributed by atoms with Gasteiger partial charge >= 0.3 is 0 Å². The van der Waals surface area contributed by atoms with E-state index in [1.165, 1.54) is 11.0 Å². The summed E-state index contributed by atoms with van der Waals surface area (Å²) in [6.07, 6.45) is 0.863. The van der Waals surface area contributed by atoms with Gasteiger partial charge in [-0.3, -0.25) is 0 Å². The first-order valence-electron chi connectivity index (χ1n) is 2.92. The molecule has 0 fully saturated rings. The molecule has 1 aromatic heterocycles. The van der Waals surface area contributed by atoms with Crippen LogP contribution in [0.2, 0.25) is 0 Å². The molecule has 6 heteroatoms. The lowest BCUT2D eigenvalue weighted by Gasteiger charge is -2.04. The molecule has 1 unspecified atom stereocenters. The Labute approximate surface area is 57.6 Å². The maximum absolute atomic E-state index is 8.99. The van der Waals surface area contributed by atoms with Crippen LogP contribution >= 0.6 is 0 Å². The van der Waals surface area contributed by atoms with Crippen molar-refractivity contribution in [2.45, 2.75) is 12.6 Å². The second-order valence-electron chi connectivity index (χ2n) is 1.92. The molecule has 1 heterocycles. The topological polar surface area (TPSA) is 89.8 Å². The van der Waals surface area contributed by atoms with E-state index in [-0.39, 0.29) is 6.54 Å². The van der Waals surface area contributed by atoms with Crippen LogP contribution in [0.15, 0.2) is 6.33 Å². The van der Waals surface area contributed by atoms with Gasteiger partial charge in [0.15, 0.2) is 0 Å². The Balaban J connectivity index is 2.40. The predicted octanol–water partition coefficient (Wildman–Crippen LogP) is -2.01. The van der Waals surface area contributed by atoms with Crippen molar-refractivity contribution in [1.29, 1.82) is 0 Å². The zero-order valence-corrected chi connectivity index (χ0v) is 5.38. The quantitative estimate of drug-likeness (QED) is 0.510. The molecule has 0 aliphatic rings. The number of nitrogens with zero attached hydrogens (tertiary/aromatic N) is 4. The number of aliphatic hydroxyl groups excluding tert-OH is 1. The molecule has 6 nitrogen and oxygen atoms in total. The van der Waals surface area contributed by atoms with Crippen molar-refractivity contribution in [2.75, 3.05) is 6.54 Å². The highest BCUT2D eigenvalue weighted by molar-refractivity contribution is 4.56. The lowest BCUT2D eigenvalue weighted by Crippen LogP contribution is -2.25. The molecule has 1 atom stereocenters. The Bertz CT molecular complexity index is 174. The molecule has 0 amide bonds. The smallest absolute Gasteiger partial charge is 0.138 e. The van der Waals surface area contributed by atoms with Gasteiger partial charge in [-0.15, -0.1) is 5.10 Å². The molecular formula is C4H9N5O. The normalized spacial score (nSPS) is 13.4. The van der Waals surface area contributed by atoms with Crippen LogP contribution in [0.3, 0.4) is 0 Å². The minimum atomic E-state index is -0.566. The van der Waals surface area contributed by atoms with Crippen molar-refractivity contribution >= 4 is 0 Å². The molecule has 0 saturated carbocycles. The summed E-state index contributed by atoms with van der Waals surface area (Å²) in [7, 11) is 0. The van der Waals surface area contributed by atoms with Crippen LogP contribution in [0, 0.1) is 0 Å². The van der Waals surface area contributed by atoms with E-state index < -0.39 is 6.10 Å². The fourth-order valence-electron chi connectivity index (χ4n) is 0.554. The zero-order chi connectivity index (χ0) is 7.40. The largest absolute Gasteiger partial charge is 0.390 e. The number of aromatic nitrogens is 4. The Kier molecular flexibility index (Phi) is 2.30. The van der Waals surface area contributed by atoms with Crippen LogP contribution in [-0.4, -0.2) is 38.0 Å². The molecule has 0 aliphatic heterocycles. The molecule has 10 heavy (non-hydrogen) atoms. The highest BCUT2D eigenvalue weighted by atomic mass is 16.3. The summed E-state index contributed by atoms with van der Waals surface area (Å²) in [6.45, 7) is 0.573. The second-order valence-corrected chi connectivity index (χ2v) is 1.92. The lowest BCUT2D eigenvalue weighted by atomic mass is 10.4. The van der Waals surface area contributed by atoms with E-state index in [1.807, 2.05) is 0 Å². The van der Waals surface area contributed by atoms with Crippen molar-refractivity contribution < 1.29 is 5.11 Å². The Morgan fingerprint density at radius 2 is 2.50 bits per heavy atom. The molecule has 0 spiro atoms. The minimum absolute atomic E-state index is 0.222. The average Bonchev–Trinajstić information content (AvgIpc) is 2.40. The number of aliphatic hydroxyl groups is 1. The van der Waals surface area contributed by atoms with E-state index in [4.69, 9.17) is 10.8 Å². The van der Waals surface area contributed by atoms with Crippen molar-refractivity contribution in [3.8, 4) is 0 Å². The number of nitrogens with two attached hydrogens (primary N) is 1. The standard InChI is InChI=1S/C4H9N5O/c5-1-4(10)2-9-3-6-7-8-9/h3-4,10H,1-2,5H2. The minimum Gasteiger partial charge on any atom is -0.390 e. The third-order valence-electron chi connectivity index (χ3n) is 1.06. The van der Waals surface area contributed by atoms with E-state index in [1.54, 1.807) is 0 Å². The van der Waals surface area contributed by atoms with Gasteiger partial charge in [0.1, 0.15) is 6.33 Å². The first-order chi connectivity index (χ1) is 4.83. The highest BCUT2D eigenvalue weighted by Crippen LogP contribution is 1.83. The van der Waals surface area contributed by atoms with Gasteiger partial charge < -0.3 is 10.8 Å². The molecule has 3 N–H and O–H groups in total. The summed E-state index contributed by atoms with van der Waals surface area (Å²) >= 11 is 0. The van der Waals surface area contributed by atoms with Crippen molar-refractivity contribution in [3.05, 3.63) is 6.33 Å². The van der Waals surface area contributed by atoms with Gasteiger partial charge in [0.25, 0.3) is 0 Å². The number of rotatable bonds is 3. The first kappa shape index (κ1) is 7.10. The van der Waals surface area contributed by atoms with Crippen molar-refractivity contribution in [3.63, 3.8) is 0 Å². The summed E-state index contributed by atoms with van der Waals surface area (Å²) in [6, 6.07) is 0. The molecule has 0 bridgehead atoms. The van der Waals surface area contributed by atoms with Gasteiger partial charge in [0.05, 0.1) is 12.6 Å². The summed E-state index contributed by atoms with van der Waals surface area (Å²) in [5.41, 5.74) is 5.16. The molecule has 0 saturated heterocycles. The second kappa shape index (κ2) is 3.23. The first-order valence-corrected chi connectivity index (χ1v) is 2.92. The van der Waals surface area contributed by atoms with Crippen LogP contribution in [0.4, 0.5) is 0 Å². The van der Waals surface area contributed by atoms with E-state index in [2.05, 4.69) is 15.5 Å². The van der Waals surface area contributed by atoms with E-state index >= 15 is 0 Å². The number of hydrogen-bond acceptors (Lipinski definition) is 5. The SMILES string of the molecule is NCC(O)Cn1cnnn1. The number of tetrazole rings is 1. The monoisotopic (exact) mass is 143 g/mol. The van der Waals surface area contributed by atoms with Crippen LogP contribution in [-0.2, 0) is 6.54 Å². The molecular weight excluding hydrogens is 134 g/mol. The Hall–Kier alpha value is -1.01. The summed E-state index contributed by atoms with van der Waals surface area (Å²) < 4.78 is 1.43. The van der Waals surface area contributed by atoms with Crippen LogP contribution in [0.25, 0.3) is 0 Å². The van der Waals surface area contributed by atoms with Crippen LogP contribution in [0.5, 0.6) is 0 Å². The maximum Gasteiger partial charge on any atom is 0.138 e. The third kappa shape index (κ3) is 1.74. The summed E-state index contributed by atoms with van der Waals surface area (Å²) in [5.74, 6) is 0. The average molecular weight is 143 g/mol. The zero-order valence-electron chi connectivity index (χ0n) is 5.38. The molecule has 0 aliphatic carbocycles. The Morgan fingerprint density at radius 1 is 1.70 bits per heavy atom. The van der Waals surface area contributed by atoms with Crippen LogP contribution in [0.1, 0.15) is 0 Å². The lowest BCUT2D eigenvalue weighted by molar-refractivity contribution is 0.156. The molecule has 0 radical (unpaired) electrons. The van der Waals surface area contributed by atoms with Gasteiger partial charge in [-0.1, -0.05) is 0 Å². The van der Waals surface area contributed by atoms with Gasteiger partial charge in [-0.05, 0) is 10.4 Å². The van der Waals surface area contributed by atoms with E-state index in [9.17, 15) is 0 Å². The highest BCUT2D eigenvalue weighted by Gasteiger charge is 2.01. The molecule has 1 aromatic rings. The van der Waals surface area contributed by atoms with E-state index in [0.717, 1.165) is 0 Å². The van der Waals surface area contributed by atoms with Crippen molar-refractivity contribution in [1.82, 2.24) is 20.2 Å². The maximum atomic E-state index is 8.99. The predicted molar refractivity (Wildman–Crippen MR) is 32.9 cm³/mol. The molecule has 56 valence electrons. The fraction of sp³-hybridized carbons (Fsp3) is 0.750. The van der Waals surface area contributed by atoms with Gasteiger partial charge in [-0.25, -0.2) is 4.68 Å². The van der Waals surface area contributed by atoms with Crippen molar-refractivity contribution in [2.24, 2.45) is 5.73 Å². The third-order valence-corrected chi connectivity index (χ3v) is 1.06. The molecule has 0 aromatic carbocycles. The fourth-order valence-corrected chi connectivity index (χ4v) is 0.554. The summed E-state index contributed by atoms with van der Waals surface area (Å²) in [5, 5.41) is 19.3. The van der Waals surface area contributed by atoms with E-state index in [0.29, 0.717) is 6.54 Å². The summed E-state index contributed by atoms with van der Waals surface area (Å²) in [4.78, 5) is 0. The van der Waals surface area contributed by atoms with Gasteiger partial charge in [-0.2, -0.15) is 0 Å². The number of hydrogen-bond donors (Lipinski definition) is 2. The van der Waals surface area contributed by atoms with Crippen LogP contribution < -0.4 is 5.73 Å². The van der Waals surface area contributed by atoms with Gasteiger partial charge in [0, 0.05) is 6.54 Å². The Morgan fingerprint density at radius 3 is 3.00 bits per heavy atom. The molecule has 1 rings (SSSR count).